The molecule has 0 amide bonds. The third kappa shape index (κ3) is 5.51. The van der Waals surface area contributed by atoms with Gasteiger partial charge >= 0.3 is 0 Å². The van der Waals surface area contributed by atoms with E-state index in [4.69, 9.17) is 0 Å². The SMILES string of the molecule is O=C(C[C@H]([NH2+]Cc1ccccc1)C(=O)[O-])c1ccc(C2CCCCC2)cc1. The second-order valence-electron chi connectivity index (χ2n) is 7.44. The van der Waals surface area contributed by atoms with Gasteiger partial charge in [-0.1, -0.05) is 73.9 Å². The van der Waals surface area contributed by atoms with Gasteiger partial charge in [-0.3, -0.25) is 4.79 Å². The molecule has 1 aliphatic carbocycles. The number of aliphatic carboxylic acids is 1. The van der Waals surface area contributed by atoms with Crippen molar-refractivity contribution in [2.75, 3.05) is 0 Å². The number of benzene rings is 2. The number of carbonyl (C=O) groups is 2. The molecule has 4 nitrogen and oxygen atoms in total. The Bertz CT molecular complexity index is 749. The summed E-state index contributed by atoms with van der Waals surface area (Å²) in [7, 11) is 0. The molecular weight excluding hydrogens is 338 g/mol. The van der Waals surface area contributed by atoms with Gasteiger partial charge in [0.05, 0.1) is 12.4 Å². The van der Waals surface area contributed by atoms with Gasteiger partial charge in [-0.05, 0) is 24.3 Å². The molecule has 0 bridgehead atoms. The van der Waals surface area contributed by atoms with Crippen LogP contribution in [-0.4, -0.2) is 17.8 Å². The van der Waals surface area contributed by atoms with E-state index in [9.17, 15) is 14.7 Å². The Morgan fingerprint density at radius 3 is 2.26 bits per heavy atom. The van der Waals surface area contributed by atoms with Crippen LogP contribution in [0.1, 0.15) is 65.9 Å². The van der Waals surface area contributed by atoms with Gasteiger partial charge < -0.3 is 15.2 Å². The lowest BCUT2D eigenvalue weighted by Crippen LogP contribution is -2.92. The number of hydrogen-bond donors (Lipinski definition) is 1. The number of quaternary nitrogens is 1. The molecule has 0 spiro atoms. The highest BCUT2D eigenvalue weighted by atomic mass is 16.4. The maximum Gasteiger partial charge on any atom is 0.169 e. The lowest BCUT2D eigenvalue weighted by Gasteiger charge is -2.22. The van der Waals surface area contributed by atoms with Crippen molar-refractivity contribution < 1.29 is 20.0 Å². The minimum absolute atomic E-state index is 0.0576. The molecule has 0 aromatic heterocycles. The number of nitrogens with two attached hydrogens (primary N) is 1. The molecular formula is C23H27NO3. The van der Waals surface area contributed by atoms with E-state index in [1.807, 2.05) is 54.6 Å². The molecule has 1 fully saturated rings. The molecule has 142 valence electrons. The first-order valence-electron chi connectivity index (χ1n) is 9.85. The predicted molar refractivity (Wildman–Crippen MR) is 102 cm³/mol. The largest absolute Gasteiger partial charge is 0.544 e. The summed E-state index contributed by atoms with van der Waals surface area (Å²) in [5.41, 5.74) is 2.89. The monoisotopic (exact) mass is 365 g/mol. The number of hydrogen-bond acceptors (Lipinski definition) is 3. The van der Waals surface area contributed by atoms with Crippen molar-refractivity contribution in [1.82, 2.24) is 0 Å². The first kappa shape index (κ1) is 19.3. The van der Waals surface area contributed by atoms with Crippen LogP contribution in [0, 0.1) is 0 Å². The average Bonchev–Trinajstić information content (AvgIpc) is 2.72. The second-order valence-corrected chi connectivity index (χ2v) is 7.44. The lowest BCUT2D eigenvalue weighted by molar-refractivity contribution is -0.697. The van der Waals surface area contributed by atoms with E-state index >= 15 is 0 Å². The molecule has 4 heteroatoms. The standard InChI is InChI=1S/C23H27NO3/c25-22(15-21(23(26)27)24-16-17-7-3-1-4-8-17)20-13-11-19(12-14-20)18-9-5-2-6-10-18/h1,3-4,7-8,11-14,18,21,24H,2,5-6,9-10,15-16H2,(H,26,27)/t21-/m0/s1. The highest BCUT2D eigenvalue weighted by Crippen LogP contribution is 2.32. The minimum Gasteiger partial charge on any atom is -0.544 e. The molecule has 0 radical (unpaired) electrons. The molecule has 1 atom stereocenters. The zero-order valence-corrected chi connectivity index (χ0v) is 15.6. The summed E-state index contributed by atoms with van der Waals surface area (Å²) in [6, 6.07) is 16.5. The van der Waals surface area contributed by atoms with E-state index in [-0.39, 0.29) is 12.2 Å². The van der Waals surface area contributed by atoms with Crippen LogP contribution >= 0.6 is 0 Å². The van der Waals surface area contributed by atoms with Crippen LogP contribution in [-0.2, 0) is 11.3 Å². The van der Waals surface area contributed by atoms with Gasteiger partial charge in [0.25, 0.3) is 0 Å². The maximum absolute atomic E-state index is 12.5. The van der Waals surface area contributed by atoms with E-state index in [0.717, 1.165) is 5.56 Å². The van der Waals surface area contributed by atoms with Gasteiger partial charge in [0.2, 0.25) is 0 Å². The number of Topliss-reactive ketones (excluding diaryl/α,β-unsaturated/α-hetero) is 1. The molecule has 0 heterocycles. The van der Waals surface area contributed by atoms with E-state index < -0.39 is 12.0 Å². The number of carboxylic acid groups (broad SMARTS) is 1. The molecule has 2 aromatic rings. The van der Waals surface area contributed by atoms with Gasteiger partial charge in [0.1, 0.15) is 12.6 Å². The van der Waals surface area contributed by atoms with Gasteiger partial charge in [0.15, 0.2) is 5.78 Å². The van der Waals surface area contributed by atoms with Crippen molar-refractivity contribution in [2.45, 2.75) is 57.0 Å². The van der Waals surface area contributed by atoms with E-state index in [1.54, 1.807) is 5.32 Å². The second kappa shape index (κ2) is 9.47. The van der Waals surface area contributed by atoms with Crippen molar-refractivity contribution in [1.29, 1.82) is 0 Å². The zero-order valence-electron chi connectivity index (χ0n) is 15.6. The van der Waals surface area contributed by atoms with Crippen molar-refractivity contribution in [3.63, 3.8) is 0 Å². The summed E-state index contributed by atoms with van der Waals surface area (Å²) >= 11 is 0. The van der Waals surface area contributed by atoms with Crippen LogP contribution in [0.5, 0.6) is 0 Å². The first-order valence-corrected chi connectivity index (χ1v) is 9.85. The molecule has 0 aliphatic heterocycles. The molecule has 27 heavy (non-hydrogen) atoms. The number of ketones is 1. The van der Waals surface area contributed by atoms with E-state index in [1.165, 1.54) is 37.7 Å². The van der Waals surface area contributed by atoms with Crippen LogP contribution in [0.15, 0.2) is 54.6 Å². The van der Waals surface area contributed by atoms with Gasteiger partial charge in [0, 0.05) is 11.1 Å². The van der Waals surface area contributed by atoms with Crippen molar-refractivity contribution in [3.05, 3.63) is 71.3 Å². The van der Waals surface area contributed by atoms with Crippen LogP contribution in [0.4, 0.5) is 0 Å². The van der Waals surface area contributed by atoms with Crippen molar-refractivity contribution in [2.24, 2.45) is 0 Å². The Balaban J connectivity index is 1.58. The number of carbonyl (C=O) groups excluding carboxylic acids is 2. The fraction of sp³-hybridized carbons (Fsp3) is 0.391. The predicted octanol–water partition coefficient (Wildman–Crippen LogP) is 2.19. The summed E-state index contributed by atoms with van der Waals surface area (Å²) in [6.45, 7) is 0.507. The van der Waals surface area contributed by atoms with Crippen LogP contribution in [0.25, 0.3) is 0 Å². The molecule has 1 aliphatic rings. The smallest absolute Gasteiger partial charge is 0.169 e. The van der Waals surface area contributed by atoms with Crippen LogP contribution < -0.4 is 10.4 Å². The summed E-state index contributed by atoms with van der Waals surface area (Å²) in [4.78, 5) is 24.0. The minimum atomic E-state index is -1.20. The van der Waals surface area contributed by atoms with Crippen LogP contribution in [0.2, 0.25) is 0 Å². The fourth-order valence-electron chi connectivity index (χ4n) is 3.85. The molecule has 2 aromatic carbocycles. The highest BCUT2D eigenvalue weighted by Gasteiger charge is 2.20. The van der Waals surface area contributed by atoms with Crippen molar-refractivity contribution >= 4 is 11.8 Å². The Morgan fingerprint density at radius 1 is 0.963 bits per heavy atom. The lowest BCUT2D eigenvalue weighted by atomic mass is 9.84. The summed E-state index contributed by atoms with van der Waals surface area (Å²) in [5.74, 6) is -0.750. The molecule has 1 saturated carbocycles. The normalized spacial score (nSPS) is 16.0. The number of rotatable bonds is 8. The Labute approximate surface area is 160 Å². The maximum atomic E-state index is 12.5. The summed E-state index contributed by atoms with van der Waals surface area (Å²) in [6.07, 6.45) is 6.24. The van der Waals surface area contributed by atoms with Gasteiger partial charge in [-0.15, -0.1) is 0 Å². The fourth-order valence-corrected chi connectivity index (χ4v) is 3.85. The topological polar surface area (TPSA) is 73.8 Å². The van der Waals surface area contributed by atoms with Gasteiger partial charge in [-0.25, -0.2) is 0 Å². The summed E-state index contributed by atoms with van der Waals surface area (Å²) in [5, 5.41) is 13.1. The average molecular weight is 365 g/mol. The van der Waals surface area contributed by atoms with E-state index in [2.05, 4.69) is 0 Å². The Kier molecular flexibility index (Phi) is 6.77. The summed E-state index contributed by atoms with van der Waals surface area (Å²) < 4.78 is 0. The molecule has 0 unspecified atom stereocenters. The third-order valence-corrected chi connectivity index (χ3v) is 5.50. The quantitative estimate of drug-likeness (QED) is 0.729. The van der Waals surface area contributed by atoms with Crippen molar-refractivity contribution in [3.8, 4) is 0 Å². The highest BCUT2D eigenvalue weighted by molar-refractivity contribution is 5.98. The molecule has 3 rings (SSSR count). The first-order chi connectivity index (χ1) is 13.1. The van der Waals surface area contributed by atoms with Crippen LogP contribution in [0.3, 0.4) is 0 Å². The van der Waals surface area contributed by atoms with E-state index in [0.29, 0.717) is 18.0 Å². The Hall–Kier alpha value is -2.46. The molecule has 2 N–H and O–H groups in total. The molecule has 0 saturated heterocycles. The number of carboxylic acids is 1. The Morgan fingerprint density at radius 2 is 1.63 bits per heavy atom. The zero-order chi connectivity index (χ0) is 19.1. The van der Waals surface area contributed by atoms with Gasteiger partial charge in [-0.2, -0.15) is 0 Å². The third-order valence-electron chi connectivity index (χ3n) is 5.50.